The van der Waals surface area contributed by atoms with Gasteiger partial charge < -0.3 is 10.5 Å². The number of benzene rings is 2. The van der Waals surface area contributed by atoms with E-state index in [9.17, 15) is 8.42 Å². The van der Waals surface area contributed by atoms with Gasteiger partial charge in [-0.05, 0) is 36.8 Å². The summed E-state index contributed by atoms with van der Waals surface area (Å²) in [6.45, 7) is 2.29. The van der Waals surface area contributed by atoms with Crippen molar-refractivity contribution in [1.29, 1.82) is 0 Å². The van der Waals surface area contributed by atoms with Crippen molar-refractivity contribution in [2.75, 3.05) is 12.3 Å². The molecule has 0 aromatic heterocycles. The topological polar surface area (TPSA) is 69.4 Å². The fourth-order valence-electron chi connectivity index (χ4n) is 1.96. The smallest absolute Gasteiger partial charge is 0.184 e. The SMILES string of the molecule is CCOc1ccc(N)c(S(=O)(=O)Cc2cccc(Cl)c2)c1. The second kappa shape index (κ2) is 6.37. The quantitative estimate of drug-likeness (QED) is 0.856. The van der Waals surface area contributed by atoms with E-state index in [0.29, 0.717) is 22.9 Å². The first kappa shape index (κ1) is 15.7. The first-order valence-corrected chi connectivity index (χ1v) is 8.45. The normalized spacial score (nSPS) is 11.3. The van der Waals surface area contributed by atoms with Gasteiger partial charge in [0.05, 0.1) is 22.9 Å². The Balaban J connectivity index is 2.37. The van der Waals surface area contributed by atoms with Crippen LogP contribution in [0.3, 0.4) is 0 Å². The monoisotopic (exact) mass is 325 g/mol. The van der Waals surface area contributed by atoms with Gasteiger partial charge in [0, 0.05) is 11.1 Å². The van der Waals surface area contributed by atoms with E-state index in [2.05, 4.69) is 0 Å². The number of hydrogen-bond acceptors (Lipinski definition) is 4. The molecule has 0 saturated heterocycles. The van der Waals surface area contributed by atoms with Gasteiger partial charge in [-0.25, -0.2) is 8.42 Å². The standard InChI is InChI=1S/C15H16ClNO3S/c1-2-20-13-6-7-14(17)15(9-13)21(18,19)10-11-4-3-5-12(16)8-11/h3-9H,2,10,17H2,1H3. The van der Waals surface area contributed by atoms with Gasteiger partial charge in [-0.3, -0.25) is 0 Å². The molecule has 0 aliphatic carbocycles. The second-order valence-corrected chi connectivity index (χ2v) is 6.92. The summed E-state index contributed by atoms with van der Waals surface area (Å²) in [6, 6.07) is 11.4. The van der Waals surface area contributed by atoms with E-state index in [4.69, 9.17) is 22.1 Å². The molecule has 112 valence electrons. The highest BCUT2D eigenvalue weighted by Gasteiger charge is 2.19. The average molecular weight is 326 g/mol. The maximum atomic E-state index is 12.5. The van der Waals surface area contributed by atoms with Crippen LogP contribution in [0, 0.1) is 0 Å². The van der Waals surface area contributed by atoms with Crippen molar-refractivity contribution in [3.05, 3.63) is 53.1 Å². The van der Waals surface area contributed by atoms with E-state index < -0.39 is 9.84 Å². The second-order valence-electron chi connectivity index (χ2n) is 4.52. The van der Waals surface area contributed by atoms with Crippen LogP contribution < -0.4 is 10.5 Å². The van der Waals surface area contributed by atoms with Gasteiger partial charge >= 0.3 is 0 Å². The van der Waals surface area contributed by atoms with Crippen LogP contribution in [-0.2, 0) is 15.6 Å². The molecule has 6 heteroatoms. The minimum Gasteiger partial charge on any atom is -0.494 e. The molecule has 0 aliphatic heterocycles. The summed E-state index contributed by atoms with van der Waals surface area (Å²) in [5.41, 5.74) is 6.62. The zero-order chi connectivity index (χ0) is 15.5. The maximum absolute atomic E-state index is 12.5. The molecule has 2 N–H and O–H groups in total. The highest BCUT2D eigenvalue weighted by atomic mass is 35.5. The molecule has 0 unspecified atom stereocenters. The fraction of sp³-hybridized carbons (Fsp3) is 0.200. The van der Waals surface area contributed by atoms with Crippen LogP contribution in [0.4, 0.5) is 5.69 Å². The highest BCUT2D eigenvalue weighted by Crippen LogP contribution is 2.27. The van der Waals surface area contributed by atoms with Crippen molar-refractivity contribution < 1.29 is 13.2 Å². The number of halogens is 1. The number of nitrogen functional groups attached to an aromatic ring is 1. The molecule has 0 atom stereocenters. The van der Waals surface area contributed by atoms with Crippen LogP contribution >= 0.6 is 11.6 Å². The van der Waals surface area contributed by atoms with E-state index in [1.807, 2.05) is 6.92 Å². The summed E-state index contributed by atoms with van der Waals surface area (Å²) in [5, 5.41) is 0.499. The number of sulfone groups is 1. The molecule has 21 heavy (non-hydrogen) atoms. The van der Waals surface area contributed by atoms with Gasteiger partial charge in [-0.1, -0.05) is 23.7 Å². The fourth-order valence-corrected chi connectivity index (χ4v) is 3.67. The third-order valence-electron chi connectivity index (χ3n) is 2.88. The van der Waals surface area contributed by atoms with Crippen molar-refractivity contribution in [2.24, 2.45) is 0 Å². The largest absolute Gasteiger partial charge is 0.494 e. The molecular weight excluding hydrogens is 310 g/mol. The van der Waals surface area contributed by atoms with Crippen LogP contribution in [0.25, 0.3) is 0 Å². The third-order valence-corrected chi connectivity index (χ3v) is 4.85. The summed E-state index contributed by atoms with van der Waals surface area (Å²) in [7, 11) is -3.57. The molecule has 2 aromatic rings. The molecule has 0 saturated carbocycles. The molecule has 2 aromatic carbocycles. The van der Waals surface area contributed by atoms with Crippen LogP contribution in [0.1, 0.15) is 12.5 Å². The van der Waals surface area contributed by atoms with Crippen molar-refractivity contribution in [1.82, 2.24) is 0 Å². The van der Waals surface area contributed by atoms with Crippen molar-refractivity contribution >= 4 is 27.1 Å². The van der Waals surface area contributed by atoms with Gasteiger partial charge in [-0.15, -0.1) is 0 Å². The maximum Gasteiger partial charge on any atom is 0.184 e. The number of rotatable bonds is 5. The zero-order valence-corrected chi connectivity index (χ0v) is 13.1. The number of ether oxygens (including phenoxy) is 1. The Morgan fingerprint density at radius 3 is 2.62 bits per heavy atom. The number of anilines is 1. The Bertz CT molecular complexity index is 744. The first-order chi connectivity index (χ1) is 9.92. The lowest BCUT2D eigenvalue weighted by Gasteiger charge is -2.10. The van der Waals surface area contributed by atoms with E-state index in [0.717, 1.165) is 0 Å². The predicted molar refractivity (Wildman–Crippen MR) is 84.4 cm³/mol. The molecule has 4 nitrogen and oxygen atoms in total. The summed E-state index contributed by atoms with van der Waals surface area (Å²) in [4.78, 5) is 0.0772. The van der Waals surface area contributed by atoms with Crippen molar-refractivity contribution in [3.8, 4) is 5.75 Å². The highest BCUT2D eigenvalue weighted by molar-refractivity contribution is 7.90. The first-order valence-electron chi connectivity index (χ1n) is 6.42. The summed E-state index contributed by atoms with van der Waals surface area (Å²) >= 11 is 5.88. The van der Waals surface area contributed by atoms with Crippen LogP contribution in [-0.4, -0.2) is 15.0 Å². The molecule has 0 radical (unpaired) electrons. The van der Waals surface area contributed by atoms with Gasteiger partial charge in [0.25, 0.3) is 0 Å². The van der Waals surface area contributed by atoms with Gasteiger partial charge in [-0.2, -0.15) is 0 Å². The lowest BCUT2D eigenvalue weighted by atomic mass is 10.2. The van der Waals surface area contributed by atoms with Crippen molar-refractivity contribution in [3.63, 3.8) is 0 Å². The molecule has 0 aliphatic rings. The van der Waals surface area contributed by atoms with Gasteiger partial charge in [0.2, 0.25) is 0 Å². The summed E-state index contributed by atoms with van der Waals surface area (Å²) in [5.74, 6) is 0.323. The number of nitrogens with two attached hydrogens (primary N) is 1. The van der Waals surface area contributed by atoms with Crippen LogP contribution in [0.2, 0.25) is 5.02 Å². The van der Waals surface area contributed by atoms with E-state index in [1.54, 1.807) is 30.3 Å². The Hall–Kier alpha value is -1.72. The minimum atomic E-state index is -3.57. The molecule has 0 fully saturated rings. The lowest BCUT2D eigenvalue weighted by molar-refractivity contribution is 0.339. The van der Waals surface area contributed by atoms with E-state index in [1.165, 1.54) is 12.1 Å². The molecule has 0 heterocycles. The van der Waals surface area contributed by atoms with E-state index >= 15 is 0 Å². The van der Waals surface area contributed by atoms with Crippen molar-refractivity contribution in [2.45, 2.75) is 17.6 Å². The van der Waals surface area contributed by atoms with Gasteiger partial charge in [0.1, 0.15) is 5.75 Å². The Kier molecular flexibility index (Phi) is 4.75. The Morgan fingerprint density at radius 1 is 1.19 bits per heavy atom. The molecular formula is C15H16ClNO3S. The summed E-state index contributed by atoms with van der Waals surface area (Å²) in [6.07, 6.45) is 0. The predicted octanol–water partition coefficient (Wildman–Crippen LogP) is 3.29. The third kappa shape index (κ3) is 3.89. The van der Waals surface area contributed by atoms with E-state index in [-0.39, 0.29) is 16.3 Å². The minimum absolute atomic E-state index is 0.0772. The van der Waals surface area contributed by atoms with Crippen LogP contribution in [0.5, 0.6) is 5.75 Å². The molecule has 0 spiro atoms. The zero-order valence-electron chi connectivity index (χ0n) is 11.5. The number of hydrogen-bond donors (Lipinski definition) is 1. The Labute approximate surface area is 129 Å². The summed E-state index contributed by atoms with van der Waals surface area (Å²) < 4.78 is 30.3. The van der Waals surface area contributed by atoms with Crippen LogP contribution in [0.15, 0.2) is 47.4 Å². The van der Waals surface area contributed by atoms with Gasteiger partial charge in [0.15, 0.2) is 9.84 Å². The molecule has 0 bridgehead atoms. The molecule has 2 rings (SSSR count). The Morgan fingerprint density at radius 2 is 1.95 bits per heavy atom. The average Bonchev–Trinajstić information content (AvgIpc) is 2.40. The lowest BCUT2D eigenvalue weighted by Crippen LogP contribution is -2.08. The molecule has 0 amide bonds.